The summed E-state index contributed by atoms with van der Waals surface area (Å²) in [6.07, 6.45) is 2.39. The Kier molecular flexibility index (Phi) is 6.44. The Labute approximate surface area is 159 Å². The Morgan fingerprint density at radius 1 is 0.963 bits per heavy atom. The maximum atomic E-state index is 12.2. The fourth-order valence-electron chi connectivity index (χ4n) is 3.39. The van der Waals surface area contributed by atoms with Crippen LogP contribution in [0.25, 0.3) is 0 Å². The summed E-state index contributed by atoms with van der Waals surface area (Å²) in [7, 11) is 0. The minimum Gasteiger partial charge on any atom is -0.478 e. The number of amides is 2. The number of hydrogen-bond acceptors (Lipinski definition) is 3. The van der Waals surface area contributed by atoms with Crippen LogP contribution in [0.4, 0.5) is 4.79 Å². The van der Waals surface area contributed by atoms with Gasteiger partial charge in [-0.3, -0.25) is 4.90 Å². The first-order valence-electron chi connectivity index (χ1n) is 9.26. The fraction of sp³-hybridized carbons (Fsp3) is 0.333. The van der Waals surface area contributed by atoms with E-state index in [-0.39, 0.29) is 17.6 Å². The van der Waals surface area contributed by atoms with Crippen molar-refractivity contribution in [1.82, 2.24) is 15.5 Å². The van der Waals surface area contributed by atoms with Crippen molar-refractivity contribution in [1.29, 1.82) is 0 Å². The molecular weight excluding hydrogens is 342 g/mol. The summed E-state index contributed by atoms with van der Waals surface area (Å²) in [5.74, 6) is -0.957. The SMILES string of the molecule is O=C(NCc1ccc(C(=O)O)cc1)NCC(c1ccccc1)N1CCCC1. The summed E-state index contributed by atoms with van der Waals surface area (Å²) in [5, 5.41) is 14.7. The van der Waals surface area contributed by atoms with Crippen LogP contribution in [-0.4, -0.2) is 41.6 Å². The number of rotatable bonds is 7. The standard InChI is InChI=1S/C21H25N3O3/c25-20(26)18-10-8-16(9-11-18)14-22-21(27)23-15-19(24-12-4-5-13-24)17-6-2-1-3-7-17/h1-3,6-11,19H,4-5,12-15H2,(H,25,26)(H2,22,23,27). The predicted molar refractivity (Wildman–Crippen MR) is 104 cm³/mol. The van der Waals surface area contributed by atoms with E-state index in [1.54, 1.807) is 12.1 Å². The number of benzene rings is 2. The second kappa shape index (κ2) is 9.19. The highest BCUT2D eigenvalue weighted by molar-refractivity contribution is 5.87. The van der Waals surface area contributed by atoms with Crippen molar-refractivity contribution in [2.24, 2.45) is 0 Å². The molecule has 1 fully saturated rings. The van der Waals surface area contributed by atoms with Gasteiger partial charge in [0.1, 0.15) is 0 Å². The molecular formula is C21H25N3O3. The molecule has 0 saturated carbocycles. The van der Waals surface area contributed by atoms with Gasteiger partial charge in [-0.25, -0.2) is 9.59 Å². The number of aromatic carboxylic acids is 1. The van der Waals surface area contributed by atoms with E-state index in [0.717, 1.165) is 18.7 Å². The lowest BCUT2D eigenvalue weighted by atomic mass is 10.1. The molecule has 1 aliphatic rings. The molecule has 2 aromatic carbocycles. The van der Waals surface area contributed by atoms with Gasteiger partial charge in [0.05, 0.1) is 11.6 Å². The van der Waals surface area contributed by atoms with E-state index in [1.807, 2.05) is 18.2 Å². The predicted octanol–water partition coefficient (Wildman–Crippen LogP) is 3.02. The first-order chi connectivity index (χ1) is 13.1. The molecule has 3 N–H and O–H groups in total. The van der Waals surface area contributed by atoms with Crippen molar-refractivity contribution >= 4 is 12.0 Å². The molecule has 0 aliphatic carbocycles. The average molecular weight is 367 g/mol. The highest BCUT2D eigenvalue weighted by Crippen LogP contribution is 2.24. The molecule has 142 valence electrons. The lowest BCUT2D eigenvalue weighted by Crippen LogP contribution is -2.41. The Morgan fingerprint density at radius 2 is 1.63 bits per heavy atom. The molecule has 2 amide bonds. The van der Waals surface area contributed by atoms with Gasteiger partial charge in [0.25, 0.3) is 0 Å². The van der Waals surface area contributed by atoms with Crippen LogP contribution in [0.15, 0.2) is 54.6 Å². The quantitative estimate of drug-likeness (QED) is 0.703. The first-order valence-corrected chi connectivity index (χ1v) is 9.26. The normalized spacial score (nSPS) is 15.3. The van der Waals surface area contributed by atoms with E-state index in [4.69, 9.17) is 5.11 Å². The number of carboxylic acids is 1. The lowest BCUT2D eigenvalue weighted by molar-refractivity contribution is 0.0697. The number of nitrogens with zero attached hydrogens (tertiary/aromatic N) is 1. The topological polar surface area (TPSA) is 81.7 Å². The van der Waals surface area contributed by atoms with Crippen LogP contribution >= 0.6 is 0 Å². The van der Waals surface area contributed by atoms with E-state index >= 15 is 0 Å². The van der Waals surface area contributed by atoms with E-state index in [9.17, 15) is 9.59 Å². The highest BCUT2D eigenvalue weighted by atomic mass is 16.4. The molecule has 1 saturated heterocycles. The summed E-state index contributed by atoms with van der Waals surface area (Å²) >= 11 is 0. The van der Waals surface area contributed by atoms with Crippen LogP contribution < -0.4 is 10.6 Å². The van der Waals surface area contributed by atoms with E-state index in [2.05, 4.69) is 27.7 Å². The van der Waals surface area contributed by atoms with Gasteiger partial charge in [-0.15, -0.1) is 0 Å². The van der Waals surface area contributed by atoms with Crippen molar-refractivity contribution in [3.63, 3.8) is 0 Å². The molecule has 0 aromatic heterocycles. The summed E-state index contributed by atoms with van der Waals surface area (Å²) in [6.45, 7) is 3.01. The summed E-state index contributed by atoms with van der Waals surface area (Å²) in [4.78, 5) is 25.5. The van der Waals surface area contributed by atoms with Gasteiger partial charge in [-0.1, -0.05) is 42.5 Å². The minimum atomic E-state index is -0.957. The highest BCUT2D eigenvalue weighted by Gasteiger charge is 2.23. The number of carboxylic acid groups (broad SMARTS) is 1. The third-order valence-electron chi connectivity index (χ3n) is 4.88. The zero-order valence-corrected chi connectivity index (χ0v) is 15.2. The fourth-order valence-corrected chi connectivity index (χ4v) is 3.39. The number of carbonyl (C=O) groups excluding carboxylic acids is 1. The van der Waals surface area contributed by atoms with Crippen LogP contribution in [0, 0.1) is 0 Å². The van der Waals surface area contributed by atoms with Crippen LogP contribution in [0.5, 0.6) is 0 Å². The monoisotopic (exact) mass is 367 g/mol. The molecule has 6 heteroatoms. The number of carbonyl (C=O) groups is 2. The van der Waals surface area contributed by atoms with Crippen molar-refractivity contribution < 1.29 is 14.7 Å². The van der Waals surface area contributed by atoms with Gasteiger partial charge < -0.3 is 15.7 Å². The summed E-state index contributed by atoms with van der Waals surface area (Å²) < 4.78 is 0. The van der Waals surface area contributed by atoms with Crippen LogP contribution in [-0.2, 0) is 6.54 Å². The molecule has 1 aliphatic heterocycles. The second-order valence-corrected chi connectivity index (χ2v) is 6.74. The van der Waals surface area contributed by atoms with E-state index in [1.165, 1.54) is 30.5 Å². The smallest absolute Gasteiger partial charge is 0.335 e. The maximum absolute atomic E-state index is 12.2. The van der Waals surface area contributed by atoms with Crippen LogP contribution in [0.2, 0.25) is 0 Å². The zero-order chi connectivity index (χ0) is 19.1. The molecule has 27 heavy (non-hydrogen) atoms. The van der Waals surface area contributed by atoms with Crippen molar-refractivity contribution in [2.45, 2.75) is 25.4 Å². The molecule has 6 nitrogen and oxygen atoms in total. The number of likely N-dealkylation sites (tertiary alicyclic amines) is 1. The molecule has 2 aromatic rings. The van der Waals surface area contributed by atoms with E-state index in [0.29, 0.717) is 13.1 Å². The van der Waals surface area contributed by atoms with Crippen molar-refractivity contribution in [3.05, 3.63) is 71.3 Å². The largest absolute Gasteiger partial charge is 0.478 e. The number of urea groups is 1. The summed E-state index contributed by atoms with van der Waals surface area (Å²) in [5.41, 5.74) is 2.30. The number of hydrogen-bond donors (Lipinski definition) is 3. The van der Waals surface area contributed by atoms with Gasteiger partial charge >= 0.3 is 12.0 Å². The average Bonchev–Trinajstić information content (AvgIpc) is 3.22. The zero-order valence-electron chi connectivity index (χ0n) is 15.2. The number of nitrogens with one attached hydrogen (secondary N) is 2. The Balaban J connectivity index is 1.52. The van der Waals surface area contributed by atoms with Crippen LogP contribution in [0.3, 0.4) is 0 Å². The van der Waals surface area contributed by atoms with Crippen molar-refractivity contribution in [3.8, 4) is 0 Å². The van der Waals surface area contributed by atoms with Gasteiger partial charge in [0.2, 0.25) is 0 Å². The third-order valence-corrected chi connectivity index (χ3v) is 4.88. The van der Waals surface area contributed by atoms with Gasteiger partial charge in [0, 0.05) is 13.1 Å². The van der Waals surface area contributed by atoms with E-state index < -0.39 is 5.97 Å². The Hall–Kier alpha value is -2.86. The molecule has 0 radical (unpaired) electrons. The minimum absolute atomic E-state index is 0.175. The molecule has 0 bridgehead atoms. The van der Waals surface area contributed by atoms with Gasteiger partial charge in [0.15, 0.2) is 0 Å². The molecule has 0 spiro atoms. The second-order valence-electron chi connectivity index (χ2n) is 6.74. The maximum Gasteiger partial charge on any atom is 0.335 e. The van der Waals surface area contributed by atoms with Gasteiger partial charge in [-0.2, -0.15) is 0 Å². The molecule has 1 unspecified atom stereocenters. The summed E-state index contributed by atoms with van der Waals surface area (Å²) in [6, 6.07) is 16.7. The Bertz CT molecular complexity index is 756. The Morgan fingerprint density at radius 3 is 2.26 bits per heavy atom. The molecule has 1 atom stereocenters. The third kappa shape index (κ3) is 5.31. The molecule has 3 rings (SSSR count). The first kappa shape index (κ1) is 18.9. The molecule has 1 heterocycles. The van der Waals surface area contributed by atoms with Crippen LogP contribution in [0.1, 0.15) is 40.4 Å². The van der Waals surface area contributed by atoms with Crippen molar-refractivity contribution in [2.75, 3.05) is 19.6 Å². The van der Waals surface area contributed by atoms with Gasteiger partial charge in [-0.05, 0) is 49.2 Å². The lowest BCUT2D eigenvalue weighted by Gasteiger charge is -2.28.